The number of aryl methyl sites for hydroxylation is 2. The maximum absolute atomic E-state index is 13.5. The summed E-state index contributed by atoms with van der Waals surface area (Å²) in [5.41, 5.74) is 2.88. The van der Waals surface area contributed by atoms with Crippen molar-refractivity contribution in [3.8, 4) is 0 Å². The van der Waals surface area contributed by atoms with E-state index in [0.717, 1.165) is 11.1 Å². The second kappa shape index (κ2) is 11.8. The Hall–Kier alpha value is -2.10. The van der Waals surface area contributed by atoms with Gasteiger partial charge in [0.2, 0.25) is 5.91 Å². The molecule has 1 atom stereocenters. The van der Waals surface area contributed by atoms with Crippen LogP contribution in [0.1, 0.15) is 29.2 Å². The molecule has 6 nitrogen and oxygen atoms in total. The van der Waals surface area contributed by atoms with Crippen LogP contribution in [0.4, 0.5) is 5.69 Å². The van der Waals surface area contributed by atoms with Crippen molar-refractivity contribution in [1.29, 1.82) is 0 Å². The highest BCUT2D eigenvalue weighted by atomic mass is 79.9. The lowest BCUT2D eigenvalue weighted by Gasteiger charge is -2.26. The van der Waals surface area contributed by atoms with E-state index < -0.39 is 22.0 Å². The zero-order valence-corrected chi connectivity index (χ0v) is 23.0. The minimum atomic E-state index is -3.98. The van der Waals surface area contributed by atoms with Crippen LogP contribution in [0.3, 0.4) is 0 Å². The zero-order valence-electron chi connectivity index (χ0n) is 19.1. The Balaban J connectivity index is 1.86. The van der Waals surface area contributed by atoms with E-state index in [1.165, 1.54) is 28.6 Å². The van der Waals surface area contributed by atoms with Gasteiger partial charge < -0.3 is 10.4 Å². The predicted octanol–water partition coefficient (Wildman–Crippen LogP) is 5.81. The van der Waals surface area contributed by atoms with Crippen molar-refractivity contribution >= 4 is 60.7 Å². The first kappa shape index (κ1) is 27.5. The van der Waals surface area contributed by atoms with Gasteiger partial charge in [0, 0.05) is 27.5 Å². The number of sulfonamides is 1. The van der Waals surface area contributed by atoms with Crippen LogP contribution in [-0.4, -0.2) is 32.6 Å². The summed E-state index contributed by atoms with van der Waals surface area (Å²) in [6.07, 6.45) is -0.127. The maximum Gasteiger partial charge on any atom is 0.264 e. The monoisotopic (exact) mass is 598 g/mol. The predicted molar refractivity (Wildman–Crippen MR) is 144 cm³/mol. The van der Waals surface area contributed by atoms with Crippen molar-refractivity contribution in [2.45, 2.75) is 31.2 Å². The van der Waals surface area contributed by atoms with Crippen molar-refractivity contribution in [2.24, 2.45) is 0 Å². The first-order valence-electron chi connectivity index (χ1n) is 10.7. The first-order valence-corrected chi connectivity index (χ1v) is 13.7. The van der Waals surface area contributed by atoms with E-state index in [1.807, 2.05) is 19.9 Å². The third kappa shape index (κ3) is 7.21. The number of hydrogen-bond acceptors (Lipinski definition) is 4. The molecule has 10 heteroatoms. The first-order chi connectivity index (χ1) is 16.5. The number of rotatable bonds is 9. The molecule has 3 rings (SSSR count). The largest absolute Gasteiger partial charge is 0.394 e. The van der Waals surface area contributed by atoms with E-state index in [4.69, 9.17) is 23.2 Å². The minimum absolute atomic E-state index is 0.0680. The van der Waals surface area contributed by atoms with Gasteiger partial charge in [0.25, 0.3) is 10.0 Å². The van der Waals surface area contributed by atoms with E-state index in [2.05, 4.69) is 21.2 Å². The van der Waals surface area contributed by atoms with Crippen molar-refractivity contribution in [3.63, 3.8) is 0 Å². The molecule has 0 saturated carbocycles. The number of benzene rings is 3. The second-order valence-electron chi connectivity index (χ2n) is 8.13. The van der Waals surface area contributed by atoms with E-state index >= 15 is 0 Å². The minimum Gasteiger partial charge on any atom is -0.394 e. The quantitative estimate of drug-likeness (QED) is 0.325. The molecular formula is C25H25BrCl2N2O4S. The third-order valence-electron chi connectivity index (χ3n) is 5.24. The van der Waals surface area contributed by atoms with Crippen molar-refractivity contribution < 1.29 is 18.3 Å². The molecule has 0 bridgehead atoms. The molecule has 35 heavy (non-hydrogen) atoms. The van der Waals surface area contributed by atoms with Crippen LogP contribution in [0.25, 0.3) is 0 Å². The van der Waals surface area contributed by atoms with Crippen LogP contribution < -0.4 is 9.62 Å². The van der Waals surface area contributed by atoms with Crippen LogP contribution in [0.5, 0.6) is 0 Å². The Morgan fingerprint density at radius 2 is 1.63 bits per heavy atom. The number of nitrogens with one attached hydrogen (secondary N) is 1. The fourth-order valence-electron chi connectivity index (χ4n) is 3.70. The highest BCUT2D eigenvalue weighted by Gasteiger charge is 2.26. The van der Waals surface area contributed by atoms with Gasteiger partial charge in [-0.15, -0.1) is 0 Å². The normalized spacial score (nSPS) is 12.3. The van der Waals surface area contributed by atoms with Gasteiger partial charge in [-0.2, -0.15) is 0 Å². The molecule has 0 aromatic heterocycles. The summed E-state index contributed by atoms with van der Waals surface area (Å²) in [6, 6.07) is 15.8. The van der Waals surface area contributed by atoms with E-state index in [-0.39, 0.29) is 24.5 Å². The van der Waals surface area contributed by atoms with Gasteiger partial charge in [-0.1, -0.05) is 45.2 Å². The number of aliphatic hydroxyl groups excluding tert-OH is 1. The summed E-state index contributed by atoms with van der Waals surface area (Å²) in [5.74, 6) is -0.416. The molecule has 0 radical (unpaired) electrons. The molecule has 2 N–H and O–H groups in total. The van der Waals surface area contributed by atoms with Gasteiger partial charge >= 0.3 is 0 Å². The lowest BCUT2D eigenvalue weighted by Crippen LogP contribution is -2.37. The molecule has 3 aromatic carbocycles. The average Bonchev–Trinajstić information content (AvgIpc) is 2.76. The molecule has 186 valence electrons. The van der Waals surface area contributed by atoms with Crippen LogP contribution in [-0.2, 0) is 14.8 Å². The number of carbonyl (C=O) groups is 1. The van der Waals surface area contributed by atoms with Crippen LogP contribution in [0, 0.1) is 13.8 Å². The summed E-state index contributed by atoms with van der Waals surface area (Å²) in [5, 5.41) is 13.5. The Labute approximate surface area is 224 Å². The van der Waals surface area contributed by atoms with Crippen molar-refractivity contribution in [2.75, 3.05) is 17.5 Å². The summed E-state index contributed by atoms with van der Waals surface area (Å²) >= 11 is 15.4. The van der Waals surface area contributed by atoms with Crippen LogP contribution in [0.15, 0.2) is 70.0 Å². The molecule has 0 aliphatic carbocycles. The molecule has 0 unspecified atom stereocenters. The topological polar surface area (TPSA) is 86.7 Å². The molecule has 0 aliphatic rings. The van der Waals surface area contributed by atoms with Gasteiger partial charge in [0.1, 0.15) is 0 Å². The third-order valence-corrected chi connectivity index (χ3v) is 8.01. The fourth-order valence-corrected chi connectivity index (χ4v) is 6.16. The number of amides is 1. The lowest BCUT2D eigenvalue weighted by atomic mass is 10.1. The molecule has 0 saturated heterocycles. The summed E-state index contributed by atoms with van der Waals surface area (Å²) in [7, 11) is -3.98. The molecule has 0 fully saturated rings. The molecule has 0 aliphatic heterocycles. The number of nitrogens with zero attached hydrogens (tertiary/aromatic N) is 1. The standard InChI is InChI=1S/C25H25BrCl2N2O4S/c1-16-9-17(2)11-22(10-16)30(35(33,34)23-5-3-20(27)4-6-23)8-7-25(32)29-24(15-31)18-12-19(26)14-21(28)13-18/h3-6,9-14,24,31H,7-8,15H2,1-2H3,(H,29,32)/t24-/m1/s1. The van der Waals surface area contributed by atoms with Crippen LogP contribution >= 0.6 is 39.1 Å². The van der Waals surface area contributed by atoms with Crippen molar-refractivity contribution in [3.05, 3.63) is 91.9 Å². The molecular weight excluding hydrogens is 575 g/mol. The van der Waals surface area contributed by atoms with Gasteiger partial charge in [0.15, 0.2) is 0 Å². The number of halogens is 3. The Bertz CT molecular complexity index is 1280. The molecule has 0 spiro atoms. The van der Waals surface area contributed by atoms with Crippen molar-refractivity contribution in [1.82, 2.24) is 5.32 Å². The fraction of sp³-hybridized carbons (Fsp3) is 0.240. The van der Waals surface area contributed by atoms with E-state index in [1.54, 1.807) is 30.3 Å². The summed E-state index contributed by atoms with van der Waals surface area (Å²) in [6.45, 7) is 3.32. The average molecular weight is 600 g/mol. The van der Waals surface area contributed by atoms with Gasteiger partial charge in [0.05, 0.1) is 23.2 Å². The molecule has 1 amide bonds. The number of anilines is 1. The number of aliphatic hydroxyl groups is 1. The van der Waals surface area contributed by atoms with Gasteiger partial charge in [-0.25, -0.2) is 8.42 Å². The highest BCUT2D eigenvalue weighted by molar-refractivity contribution is 9.10. The van der Waals surface area contributed by atoms with E-state index in [0.29, 0.717) is 25.8 Å². The van der Waals surface area contributed by atoms with Gasteiger partial charge in [-0.3, -0.25) is 9.10 Å². The maximum atomic E-state index is 13.5. The number of hydrogen-bond donors (Lipinski definition) is 2. The number of carbonyl (C=O) groups excluding carboxylic acids is 1. The Kier molecular flexibility index (Phi) is 9.23. The zero-order chi connectivity index (χ0) is 25.8. The summed E-state index contributed by atoms with van der Waals surface area (Å²) < 4.78 is 29.0. The van der Waals surface area contributed by atoms with Crippen LogP contribution in [0.2, 0.25) is 10.0 Å². The van der Waals surface area contributed by atoms with Gasteiger partial charge in [-0.05, 0) is 85.1 Å². The second-order valence-corrected chi connectivity index (χ2v) is 11.8. The lowest BCUT2D eigenvalue weighted by molar-refractivity contribution is -0.121. The summed E-state index contributed by atoms with van der Waals surface area (Å²) in [4.78, 5) is 12.9. The smallest absolute Gasteiger partial charge is 0.264 e. The SMILES string of the molecule is Cc1cc(C)cc(N(CCC(=O)N[C@H](CO)c2cc(Cl)cc(Br)c2)S(=O)(=O)c2ccc(Cl)cc2)c1. The molecule has 3 aromatic rings. The Morgan fingerprint density at radius 3 is 2.20 bits per heavy atom. The molecule has 0 heterocycles. The van der Waals surface area contributed by atoms with E-state index in [9.17, 15) is 18.3 Å². The highest BCUT2D eigenvalue weighted by Crippen LogP contribution is 2.28. The Morgan fingerprint density at radius 1 is 1.00 bits per heavy atom.